The van der Waals surface area contributed by atoms with E-state index in [1.165, 1.54) is 34.5 Å². The fourth-order valence-electron chi connectivity index (χ4n) is 4.04. The van der Waals surface area contributed by atoms with Crippen molar-refractivity contribution in [1.29, 1.82) is 0 Å². The van der Waals surface area contributed by atoms with E-state index in [1.54, 1.807) is 6.66 Å². The van der Waals surface area contributed by atoms with Crippen LogP contribution in [0.3, 0.4) is 0 Å². The van der Waals surface area contributed by atoms with Crippen molar-refractivity contribution in [3.8, 4) is 0 Å². The molecule has 0 heterocycles. The van der Waals surface area contributed by atoms with Crippen molar-refractivity contribution in [3.05, 3.63) is 103 Å². The molecule has 0 atom stereocenters. The molecule has 0 nitrogen and oxygen atoms in total. The first-order valence-electron chi connectivity index (χ1n) is 9.43. The van der Waals surface area contributed by atoms with Crippen LogP contribution in [-0.4, -0.2) is 12.2 Å². The Bertz CT molecular complexity index is 959. The standard InChI is InChI=1S/2C11H9.2CH3.2ClH.GeH2.Hf/c2*1-2-6-10(7-3-1)11-8-4-5-9-11;;;;;;/h2*1-3,6-9H,4H2;2*1H3;2*1H;1H2;. The van der Waals surface area contributed by atoms with E-state index in [9.17, 15) is 0 Å². The van der Waals surface area contributed by atoms with Gasteiger partial charge in [0, 0.05) is 0 Å². The summed E-state index contributed by atoms with van der Waals surface area (Å²) in [6.45, 7) is 0. The Hall–Kier alpha value is -0.607. The van der Waals surface area contributed by atoms with E-state index in [1.807, 2.05) is 0 Å². The molecule has 0 amide bonds. The van der Waals surface area contributed by atoms with Crippen LogP contribution in [0.4, 0.5) is 0 Å². The minimum absolute atomic E-state index is 0. The summed E-state index contributed by atoms with van der Waals surface area (Å²) in [6.07, 6.45) is 12.3. The van der Waals surface area contributed by atoms with Crippen molar-refractivity contribution < 1.29 is 15.4 Å². The van der Waals surface area contributed by atoms with E-state index < -0.39 is 15.4 Å². The van der Waals surface area contributed by atoms with Crippen LogP contribution < -0.4 is 0 Å². The van der Waals surface area contributed by atoms with Crippen molar-refractivity contribution in [2.75, 3.05) is 0 Å². The van der Waals surface area contributed by atoms with Gasteiger partial charge in [-0.25, -0.2) is 0 Å². The molecular weight excluding hydrogens is 610 g/mol. The van der Waals surface area contributed by atoms with Crippen LogP contribution in [0.5, 0.6) is 0 Å². The monoisotopic (exact) mass is 640 g/mol. The van der Waals surface area contributed by atoms with Gasteiger partial charge < -0.3 is 0 Å². The van der Waals surface area contributed by atoms with Gasteiger partial charge in [-0.2, -0.15) is 0 Å². The molecule has 0 fully saturated rings. The number of hydrogen-bond acceptors (Lipinski definition) is 0. The summed E-state index contributed by atoms with van der Waals surface area (Å²) in [5.74, 6) is 0. The van der Waals surface area contributed by atoms with Crippen LogP contribution in [0, 0.1) is 0 Å². The number of rotatable bonds is 4. The van der Waals surface area contributed by atoms with Crippen molar-refractivity contribution in [2.45, 2.75) is 22.2 Å². The van der Waals surface area contributed by atoms with Crippen LogP contribution in [0.25, 0.3) is 11.1 Å². The summed E-state index contributed by atoms with van der Waals surface area (Å²) in [6, 6.07) is 21.7. The SMILES string of the molecule is Cl.Cl.[CH3][Hf]([CH3])(=[GeH2])([C]1=CC(c2ccccc2)=CC1)[C]1=CC(c2ccccc2)=CC1. The van der Waals surface area contributed by atoms with E-state index in [0.717, 1.165) is 12.8 Å². The molecule has 4 rings (SSSR count). The van der Waals surface area contributed by atoms with Gasteiger partial charge in [0.05, 0.1) is 0 Å². The van der Waals surface area contributed by atoms with Crippen molar-refractivity contribution in [2.24, 2.45) is 0 Å². The molecule has 0 saturated heterocycles. The van der Waals surface area contributed by atoms with E-state index >= 15 is 0 Å². The molecular formula is C24H28Cl2GeHf. The predicted molar refractivity (Wildman–Crippen MR) is 129 cm³/mol. The molecule has 2 aromatic rings. The van der Waals surface area contributed by atoms with Crippen LogP contribution in [-0.2, 0) is 15.4 Å². The summed E-state index contributed by atoms with van der Waals surface area (Å²) in [7, 11) is 0. The number of benzene rings is 2. The Morgan fingerprint density at radius 2 is 1.00 bits per heavy atom. The first-order valence-corrected chi connectivity index (χ1v) is 34.9. The molecule has 0 spiro atoms. The zero-order valence-corrected chi connectivity index (χ0v) is 24.7. The van der Waals surface area contributed by atoms with Gasteiger partial charge >= 0.3 is 164 Å². The molecule has 0 N–H and O–H groups in total. The zero-order valence-electron chi connectivity index (χ0n) is 16.5. The number of halogens is 2. The van der Waals surface area contributed by atoms with Gasteiger partial charge in [0.25, 0.3) is 0 Å². The first kappa shape index (κ1) is 23.7. The zero-order chi connectivity index (χ0) is 18.2. The molecule has 0 aliphatic heterocycles. The van der Waals surface area contributed by atoms with Gasteiger partial charge in [0.1, 0.15) is 0 Å². The molecule has 0 unspecified atom stereocenters. The second-order valence-corrected chi connectivity index (χ2v) is 68.8. The van der Waals surface area contributed by atoms with E-state index in [0.29, 0.717) is 0 Å². The molecule has 0 bridgehead atoms. The number of hydrogen-bond donors (Lipinski definition) is 0. The van der Waals surface area contributed by atoms with Gasteiger partial charge in [-0.1, -0.05) is 0 Å². The van der Waals surface area contributed by atoms with Gasteiger partial charge in [0.15, 0.2) is 0 Å². The molecule has 28 heavy (non-hydrogen) atoms. The Balaban J connectivity index is 0.00000140. The van der Waals surface area contributed by atoms with Crippen LogP contribution in [0.1, 0.15) is 24.0 Å². The first-order chi connectivity index (χ1) is 12.4. The molecule has 4 heteroatoms. The average molecular weight is 638 g/mol. The Morgan fingerprint density at radius 3 is 1.36 bits per heavy atom. The molecule has 146 valence electrons. The molecule has 0 aromatic heterocycles. The fraction of sp³-hybridized carbons (Fsp3) is 0.167. The molecule has 2 aliphatic carbocycles. The molecule has 2 aromatic carbocycles. The second kappa shape index (κ2) is 9.04. The van der Waals surface area contributed by atoms with Crippen molar-refractivity contribution in [1.82, 2.24) is 0 Å². The van der Waals surface area contributed by atoms with E-state index in [2.05, 4.69) is 94.3 Å². The van der Waals surface area contributed by atoms with Crippen molar-refractivity contribution in [3.63, 3.8) is 0 Å². The quantitative estimate of drug-likeness (QED) is 0.320. The maximum absolute atomic E-state index is 3.09. The molecule has 2 aliphatic rings. The third-order valence-electron chi connectivity index (χ3n) is 6.02. The molecule has 0 saturated carbocycles. The third-order valence-corrected chi connectivity index (χ3v) is 38.9. The minimum atomic E-state index is -3.09. The van der Waals surface area contributed by atoms with E-state index in [4.69, 9.17) is 0 Å². The fourth-order valence-corrected chi connectivity index (χ4v) is 23.9. The topological polar surface area (TPSA) is 0 Å². The second-order valence-electron chi connectivity index (χ2n) is 8.48. The van der Waals surface area contributed by atoms with Gasteiger partial charge in [-0.3, -0.25) is 0 Å². The van der Waals surface area contributed by atoms with E-state index in [-0.39, 0.29) is 24.8 Å². The van der Waals surface area contributed by atoms with Gasteiger partial charge in [-0.05, 0) is 0 Å². The summed E-state index contributed by atoms with van der Waals surface area (Å²) >= 11 is -1.64. The van der Waals surface area contributed by atoms with Gasteiger partial charge in [0.2, 0.25) is 0 Å². The average Bonchev–Trinajstić information content (AvgIpc) is 3.34. The maximum atomic E-state index is 2.67. The normalized spacial score (nSPS) is 16.2. The van der Waals surface area contributed by atoms with Gasteiger partial charge in [-0.15, -0.1) is 24.8 Å². The van der Waals surface area contributed by atoms with Crippen LogP contribution in [0.15, 0.2) is 91.6 Å². The Labute approximate surface area is 187 Å². The van der Waals surface area contributed by atoms with Crippen LogP contribution in [0.2, 0.25) is 9.36 Å². The summed E-state index contributed by atoms with van der Waals surface area (Å²) in [5, 5.41) is 0. The summed E-state index contributed by atoms with van der Waals surface area (Å²) in [5.41, 5.74) is 5.57. The summed E-state index contributed by atoms with van der Waals surface area (Å²) < 4.78 is 8.88. The predicted octanol–water partition coefficient (Wildman–Crippen LogP) is 6.91. The Kier molecular flexibility index (Phi) is 7.64. The third kappa shape index (κ3) is 4.59. The molecule has 0 radical (unpaired) electrons. The Morgan fingerprint density at radius 1 is 0.643 bits per heavy atom. The van der Waals surface area contributed by atoms with Crippen molar-refractivity contribution >= 4 is 48.2 Å². The number of allylic oxidation sites excluding steroid dienone is 8. The van der Waals surface area contributed by atoms with Crippen LogP contribution >= 0.6 is 24.8 Å². The summed E-state index contributed by atoms with van der Waals surface area (Å²) in [4.78, 5) is 0.